The standard InChI is InChI=1S/C21H26N6O2/c1-12-11-28-9-8-27(12)18-10-16(19-13(2)26-29-14(19)3)15-4-6-22-21(20(15)24-18)17-5-7-23-25-17/h4,6,10,12,17,23,25H,5,7-9,11H2,1-3H3/t12-,17?/m1/s1. The highest BCUT2D eigenvalue weighted by Crippen LogP contribution is 2.37. The van der Waals surface area contributed by atoms with E-state index in [2.05, 4.69) is 33.9 Å². The molecule has 152 valence electrons. The number of hydrazine groups is 1. The molecule has 3 aromatic rings. The van der Waals surface area contributed by atoms with E-state index in [-0.39, 0.29) is 12.1 Å². The summed E-state index contributed by atoms with van der Waals surface area (Å²) in [4.78, 5) is 12.1. The van der Waals surface area contributed by atoms with Crippen molar-refractivity contribution in [2.24, 2.45) is 0 Å². The van der Waals surface area contributed by atoms with Crippen molar-refractivity contribution >= 4 is 16.7 Å². The monoisotopic (exact) mass is 394 g/mol. The first-order valence-corrected chi connectivity index (χ1v) is 10.2. The number of nitrogens with zero attached hydrogens (tertiary/aromatic N) is 4. The molecule has 0 saturated carbocycles. The summed E-state index contributed by atoms with van der Waals surface area (Å²) >= 11 is 0. The van der Waals surface area contributed by atoms with Gasteiger partial charge in [0.2, 0.25) is 0 Å². The zero-order valence-corrected chi connectivity index (χ0v) is 17.0. The molecule has 2 aliphatic rings. The Morgan fingerprint density at radius 1 is 1.28 bits per heavy atom. The number of hydrogen-bond acceptors (Lipinski definition) is 8. The fourth-order valence-corrected chi connectivity index (χ4v) is 4.39. The summed E-state index contributed by atoms with van der Waals surface area (Å²) < 4.78 is 11.1. The normalized spacial score (nSPS) is 22.5. The van der Waals surface area contributed by atoms with Gasteiger partial charge in [0, 0.05) is 35.8 Å². The molecule has 2 fully saturated rings. The zero-order valence-electron chi connectivity index (χ0n) is 17.0. The van der Waals surface area contributed by atoms with Gasteiger partial charge in [-0.15, -0.1) is 0 Å². The van der Waals surface area contributed by atoms with Gasteiger partial charge in [-0.05, 0) is 39.3 Å². The van der Waals surface area contributed by atoms with Gasteiger partial charge in [0.15, 0.2) is 0 Å². The van der Waals surface area contributed by atoms with E-state index >= 15 is 0 Å². The maximum Gasteiger partial charge on any atom is 0.141 e. The Hall–Kier alpha value is -2.55. The molecule has 29 heavy (non-hydrogen) atoms. The number of nitrogens with one attached hydrogen (secondary N) is 2. The highest BCUT2D eigenvalue weighted by atomic mass is 16.5. The minimum absolute atomic E-state index is 0.140. The molecule has 5 rings (SSSR count). The van der Waals surface area contributed by atoms with Gasteiger partial charge in [0.25, 0.3) is 0 Å². The van der Waals surface area contributed by atoms with Crippen LogP contribution in [0.3, 0.4) is 0 Å². The van der Waals surface area contributed by atoms with Gasteiger partial charge in [-0.2, -0.15) is 0 Å². The van der Waals surface area contributed by atoms with Crippen LogP contribution < -0.4 is 15.8 Å². The highest BCUT2D eigenvalue weighted by molar-refractivity contribution is 5.98. The van der Waals surface area contributed by atoms with Gasteiger partial charge in [0.05, 0.1) is 42.2 Å². The molecule has 2 atom stereocenters. The largest absolute Gasteiger partial charge is 0.377 e. The van der Waals surface area contributed by atoms with Crippen molar-refractivity contribution in [3.05, 3.63) is 35.5 Å². The van der Waals surface area contributed by atoms with Crippen LogP contribution in [0.25, 0.3) is 22.0 Å². The third-order valence-corrected chi connectivity index (χ3v) is 5.87. The summed E-state index contributed by atoms with van der Waals surface area (Å²) in [5.41, 5.74) is 11.5. The molecule has 3 aromatic heterocycles. The van der Waals surface area contributed by atoms with Crippen LogP contribution >= 0.6 is 0 Å². The highest BCUT2D eigenvalue weighted by Gasteiger charge is 2.26. The summed E-state index contributed by atoms with van der Waals surface area (Å²) in [6, 6.07) is 4.61. The molecular weight excluding hydrogens is 368 g/mol. The Bertz CT molecular complexity index is 1020. The first-order chi connectivity index (χ1) is 14.1. The Kier molecular flexibility index (Phi) is 4.69. The SMILES string of the molecule is Cc1noc(C)c1-c1cc(N2CCOC[C@H]2C)nc2c(C3CCNN3)nccc12. The summed E-state index contributed by atoms with van der Waals surface area (Å²) in [6.07, 6.45) is 2.85. The minimum atomic E-state index is 0.140. The average molecular weight is 394 g/mol. The lowest BCUT2D eigenvalue weighted by Gasteiger charge is -2.34. The predicted molar refractivity (Wildman–Crippen MR) is 111 cm³/mol. The molecule has 0 aliphatic carbocycles. The molecule has 8 nitrogen and oxygen atoms in total. The lowest BCUT2D eigenvalue weighted by atomic mass is 9.97. The zero-order chi connectivity index (χ0) is 20.0. The first kappa shape index (κ1) is 18.5. The van der Waals surface area contributed by atoms with Gasteiger partial charge < -0.3 is 14.2 Å². The van der Waals surface area contributed by atoms with E-state index in [1.54, 1.807) is 0 Å². The Morgan fingerprint density at radius 2 is 2.17 bits per heavy atom. The lowest BCUT2D eigenvalue weighted by Crippen LogP contribution is -2.44. The number of aromatic nitrogens is 3. The molecule has 0 bridgehead atoms. The van der Waals surface area contributed by atoms with Gasteiger partial charge in [-0.1, -0.05) is 5.16 Å². The van der Waals surface area contributed by atoms with Crippen LogP contribution in [0.1, 0.15) is 36.5 Å². The molecule has 2 saturated heterocycles. The van der Waals surface area contributed by atoms with E-state index in [1.807, 2.05) is 26.1 Å². The van der Waals surface area contributed by atoms with Crippen LogP contribution in [-0.2, 0) is 4.74 Å². The number of pyridine rings is 2. The maximum absolute atomic E-state index is 5.64. The van der Waals surface area contributed by atoms with Crippen LogP contribution in [0.15, 0.2) is 22.9 Å². The number of anilines is 1. The van der Waals surface area contributed by atoms with Crippen molar-refractivity contribution in [1.29, 1.82) is 0 Å². The number of aryl methyl sites for hydroxylation is 2. The topological polar surface area (TPSA) is 88.3 Å². The Labute approximate surface area is 169 Å². The lowest BCUT2D eigenvalue weighted by molar-refractivity contribution is 0.0986. The van der Waals surface area contributed by atoms with Crippen LogP contribution in [0.2, 0.25) is 0 Å². The Morgan fingerprint density at radius 3 is 2.90 bits per heavy atom. The number of rotatable bonds is 3. The Balaban J connectivity index is 1.76. The van der Waals surface area contributed by atoms with Gasteiger partial charge >= 0.3 is 0 Å². The number of ether oxygens (including phenoxy) is 1. The molecule has 0 aromatic carbocycles. The third kappa shape index (κ3) is 3.17. The smallest absolute Gasteiger partial charge is 0.141 e. The number of morpholine rings is 1. The molecule has 8 heteroatoms. The first-order valence-electron chi connectivity index (χ1n) is 10.2. The van der Waals surface area contributed by atoms with E-state index in [9.17, 15) is 0 Å². The van der Waals surface area contributed by atoms with Crippen molar-refractivity contribution in [2.45, 2.75) is 39.3 Å². The van der Waals surface area contributed by atoms with E-state index in [1.165, 1.54) is 0 Å². The van der Waals surface area contributed by atoms with Crippen LogP contribution in [0, 0.1) is 13.8 Å². The summed E-state index contributed by atoms with van der Waals surface area (Å²) in [7, 11) is 0. The van der Waals surface area contributed by atoms with Crippen molar-refractivity contribution in [3.63, 3.8) is 0 Å². The third-order valence-electron chi connectivity index (χ3n) is 5.87. The molecule has 1 unspecified atom stereocenters. The second-order valence-corrected chi connectivity index (χ2v) is 7.85. The van der Waals surface area contributed by atoms with Gasteiger partial charge in [-0.25, -0.2) is 10.4 Å². The minimum Gasteiger partial charge on any atom is -0.377 e. The van der Waals surface area contributed by atoms with Crippen LogP contribution in [-0.4, -0.2) is 47.5 Å². The average Bonchev–Trinajstić information content (AvgIpc) is 3.37. The van der Waals surface area contributed by atoms with Crippen molar-refractivity contribution in [3.8, 4) is 11.1 Å². The predicted octanol–water partition coefficient (Wildman–Crippen LogP) is 2.67. The van der Waals surface area contributed by atoms with E-state index in [0.717, 1.165) is 64.5 Å². The summed E-state index contributed by atoms with van der Waals surface area (Å²) in [5, 5.41) is 5.26. The van der Waals surface area contributed by atoms with E-state index in [0.29, 0.717) is 13.2 Å². The van der Waals surface area contributed by atoms with Crippen molar-refractivity contribution < 1.29 is 9.26 Å². The van der Waals surface area contributed by atoms with Crippen LogP contribution in [0.5, 0.6) is 0 Å². The fraction of sp³-hybridized carbons (Fsp3) is 0.476. The molecule has 0 radical (unpaired) electrons. The second-order valence-electron chi connectivity index (χ2n) is 7.85. The second kappa shape index (κ2) is 7.37. The summed E-state index contributed by atoms with van der Waals surface area (Å²) in [5.74, 6) is 1.76. The molecular formula is C21H26N6O2. The van der Waals surface area contributed by atoms with E-state index in [4.69, 9.17) is 19.2 Å². The molecule has 2 N–H and O–H groups in total. The van der Waals surface area contributed by atoms with E-state index < -0.39 is 0 Å². The molecule has 0 spiro atoms. The summed E-state index contributed by atoms with van der Waals surface area (Å²) in [6.45, 7) is 9.27. The maximum atomic E-state index is 5.64. The van der Waals surface area contributed by atoms with Crippen LogP contribution in [0.4, 0.5) is 5.82 Å². The number of fused-ring (bicyclic) bond motifs is 1. The molecule has 2 aliphatic heterocycles. The van der Waals surface area contributed by atoms with Gasteiger partial charge in [0.1, 0.15) is 11.6 Å². The van der Waals surface area contributed by atoms with Crippen molar-refractivity contribution in [2.75, 3.05) is 31.2 Å². The number of hydrogen-bond donors (Lipinski definition) is 2. The fourth-order valence-electron chi connectivity index (χ4n) is 4.39. The van der Waals surface area contributed by atoms with Crippen molar-refractivity contribution in [1.82, 2.24) is 26.0 Å². The molecule has 0 amide bonds. The van der Waals surface area contributed by atoms with Gasteiger partial charge in [-0.3, -0.25) is 10.4 Å². The molecule has 5 heterocycles. The quantitative estimate of drug-likeness (QED) is 0.701.